The minimum atomic E-state index is 1.26. The van der Waals surface area contributed by atoms with E-state index in [0.717, 1.165) is 0 Å². The van der Waals surface area contributed by atoms with Crippen LogP contribution < -0.4 is 5.53 Å². The summed E-state index contributed by atoms with van der Waals surface area (Å²) in [6.07, 6.45) is 2.75. The smallest absolute Gasteiger partial charge is 0.163 e. The first-order chi connectivity index (χ1) is 5.45. The van der Waals surface area contributed by atoms with Crippen LogP contribution in [-0.4, -0.2) is 40.6 Å². The van der Waals surface area contributed by atoms with Crippen molar-refractivity contribution in [1.82, 2.24) is 40.6 Å². The van der Waals surface area contributed by atoms with E-state index in [9.17, 15) is 0 Å². The van der Waals surface area contributed by atoms with Crippen LogP contribution >= 0.6 is 0 Å². The fraction of sp³-hybridized carbons (Fsp3) is 0. The van der Waals surface area contributed by atoms with Gasteiger partial charge < -0.3 is 0 Å². The van der Waals surface area contributed by atoms with E-state index in [-0.39, 0.29) is 0 Å². The predicted octanol–water partition coefficient (Wildman–Crippen LogP) is -2.33. The van der Waals surface area contributed by atoms with Crippen molar-refractivity contribution in [3.8, 4) is 0 Å². The number of hydrogen-bond donors (Lipinski definition) is 1. The van der Waals surface area contributed by atoms with Gasteiger partial charge in [0, 0.05) is 0 Å². The molecule has 0 radical (unpaired) electrons. The Labute approximate surface area is 59.9 Å². The Morgan fingerprint density at radius 3 is 1.82 bits per heavy atom. The lowest BCUT2D eigenvalue weighted by atomic mass is 11.4. The molecule has 0 saturated heterocycles. The quantitative estimate of drug-likeness (QED) is 0.516. The highest BCUT2D eigenvalue weighted by Crippen LogP contribution is 1.70. The fourth-order valence-corrected chi connectivity index (χ4v) is 0.519. The third-order valence-electron chi connectivity index (χ3n) is 0.903. The summed E-state index contributed by atoms with van der Waals surface area (Å²) >= 11 is 0. The minimum Gasteiger partial charge on any atom is -0.192 e. The van der Waals surface area contributed by atoms with Gasteiger partial charge >= 0.3 is 0 Å². The zero-order chi connectivity index (χ0) is 7.52. The highest BCUT2D eigenvalue weighted by atomic mass is 15.8. The molecule has 0 atom stereocenters. The molecule has 9 nitrogen and oxygen atoms in total. The van der Waals surface area contributed by atoms with Gasteiger partial charge in [0.1, 0.15) is 0 Å². The molecular formula is C2H3N9. The molecule has 0 unspecified atom stereocenters. The van der Waals surface area contributed by atoms with E-state index in [1.54, 1.807) is 0 Å². The van der Waals surface area contributed by atoms with Gasteiger partial charge in [0.25, 0.3) is 0 Å². The second-order valence-corrected chi connectivity index (χ2v) is 1.61. The molecule has 0 saturated carbocycles. The van der Waals surface area contributed by atoms with E-state index in [2.05, 4.69) is 36.6 Å². The number of tetrazole rings is 2. The zero-order valence-electron chi connectivity index (χ0n) is 5.23. The first-order valence-corrected chi connectivity index (χ1v) is 2.68. The lowest BCUT2D eigenvalue weighted by Crippen LogP contribution is -2.22. The molecule has 0 fully saturated rings. The number of hydrogen-bond acceptors (Lipinski definition) is 7. The topological polar surface area (TPSA) is 99.2 Å². The Morgan fingerprint density at radius 1 is 0.909 bits per heavy atom. The van der Waals surface area contributed by atoms with E-state index in [4.69, 9.17) is 0 Å². The van der Waals surface area contributed by atoms with Crippen LogP contribution in [0, 0.1) is 0 Å². The van der Waals surface area contributed by atoms with Crippen molar-refractivity contribution in [2.24, 2.45) is 0 Å². The Hall–Kier alpha value is -2.06. The lowest BCUT2D eigenvalue weighted by Gasteiger charge is -1.98. The molecule has 9 heteroatoms. The van der Waals surface area contributed by atoms with Crippen molar-refractivity contribution in [2.75, 3.05) is 5.53 Å². The van der Waals surface area contributed by atoms with Crippen LogP contribution in [0.4, 0.5) is 0 Å². The monoisotopic (exact) mass is 153 g/mol. The van der Waals surface area contributed by atoms with Crippen LogP contribution in [0.1, 0.15) is 0 Å². The number of rotatable bonds is 2. The molecule has 11 heavy (non-hydrogen) atoms. The van der Waals surface area contributed by atoms with E-state index in [1.165, 1.54) is 22.2 Å². The second-order valence-electron chi connectivity index (χ2n) is 1.61. The molecule has 0 aliphatic rings. The summed E-state index contributed by atoms with van der Waals surface area (Å²) in [6.45, 7) is 0. The number of nitrogens with one attached hydrogen (secondary N) is 1. The van der Waals surface area contributed by atoms with Crippen molar-refractivity contribution >= 4 is 0 Å². The molecule has 2 rings (SSSR count). The van der Waals surface area contributed by atoms with Gasteiger partial charge in [-0.15, -0.1) is 19.8 Å². The average Bonchev–Trinajstić information content (AvgIpc) is 2.60. The van der Waals surface area contributed by atoms with Gasteiger partial charge in [-0.2, -0.15) is 5.53 Å². The predicted molar refractivity (Wildman–Crippen MR) is 30.4 cm³/mol. The van der Waals surface area contributed by atoms with Crippen molar-refractivity contribution in [3.05, 3.63) is 12.7 Å². The molecule has 0 aliphatic heterocycles. The third-order valence-corrected chi connectivity index (χ3v) is 0.903. The second kappa shape index (κ2) is 2.28. The summed E-state index contributed by atoms with van der Waals surface area (Å²) in [5, 5.41) is 20.6. The molecule has 2 aromatic heterocycles. The van der Waals surface area contributed by atoms with Crippen LogP contribution in [0.2, 0.25) is 0 Å². The van der Waals surface area contributed by atoms with Gasteiger partial charge in [0.05, 0.1) is 0 Å². The van der Waals surface area contributed by atoms with Crippen LogP contribution in [0.3, 0.4) is 0 Å². The molecule has 0 amide bonds. The highest BCUT2D eigenvalue weighted by molar-refractivity contribution is 4.59. The molecule has 0 spiro atoms. The number of aromatic nitrogens is 8. The van der Waals surface area contributed by atoms with Gasteiger partial charge in [-0.25, -0.2) is 0 Å². The summed E-state index contributed by atoms with van der Waals surface area (Å²) in [6, 6.07) is 0. The average molecular weight is 153 g/mol. The Bertz CT molecular complexity index is 260. The fourth-order valence-electron chi connectivity index (χ4n) is 0.519. The summed E-state index contributed by atoms with van der Waals surface area (Å²) < 4.78 is 0. The molecule has 1 N–H and O–H groups in total. The van der Waals surface area contributed by atoms with Crippen LogP contribution in [0.25, 0.3) is 0 Å². The third kappa shape index (κ3) is 1.10. The maximum Gasteiger partial charge on any atom is 0.163 e. The van der Waals surface area contributed by atoms with E-state index >= 15 is 0 Å². The molecule has 0 bridgehead atoms. The Kier molecular flexibility index (Phi) is 1.18. The van der Waals surface area contributed by atoms with Gasteiger partial charge in [-0.05, 0) is 20.9 Å². The first-order valence-electron chi connectivity index (χ1n) is 2.68. The number of nitrogens with zero attached hydrogens (tertiary/aromatic N) is 8. The molecular weight excluding hydrogens is 150 g/mol. The van der Waals surface area contributed by atoms with Crippen LogP contribution in [0.5, 0.6) is 0 Å². The SMILES string of the molecule is c1nnnn1Nn1cnnn1. The molecule has 2 heterocycles. The van der Waals surface area contributed by atoms with Crippen molar-refractivity contribution < 1.29 is 0 Å². The maximum absolute atomic E-state index is 3.52. The van der Waals surface area contributed by atoms with Gasteiger partial charge in [-0.3, -0.25) is 0 Å². The van der Waals surface area contributed by atoms with Crippen LogP contribution in [-0.2, 0) is 0 Å². The minimum absolute atomic E-state index is 1.26. The van der Waals surface area contributed by atoms with Gasteiger partial charge in [-0.1, -0.05) is 0 Å². The Balaban J connectivity index is 2.14. The molecule has 0 aromatic carbocycles. The maximum atomic E-state index is 3.52. The van der Waals surface area contributed by atoms with Crippen molar-refractivity contribution in [2.45, 2.75) is 0 Å². The molecule has 2 aromatic rings. The van der Waals surface area contributed by atoms with Crippen molar-refractivity contribution in [1.29, 1.82) is 0 Å². The van der Waals surface area contributed by atoms with Crippen LogP contribution in [0.15, 0.2) is 12.7 Å². The standard InChI is InChI=1S/C2H3N9/c1-3-5-7-10(1)9-11-2-4-6-8-11/h1-2,9H. The summed E-state index contributed by atoms with van der Waals surface area (Å²) in [5.41, 5.74) is 2.62. The lowest BCUT2D eigenvalue weighted by molar-refractivity contribution is 0.582. The largest absolute Gasteiger partial charge is 0.192 e. The van der Waals surface area contributed by atoms with Gasteiger partial charge in [0.15, 0.2) is 12.7 Å². The molecule has 0 aliphatic carbocycles. The van der Waals surface area contributed by atoms with E-state index < -0.39 is 0 Å². The van der Waals surface area contributed by atoms with Gasteiger partial charge in [0.2, 0.25) is 0 Å². The summed E-state index contributed by atoms with van der Waals surface area (Å²) in [5.74, 6) is 0. The Morgan fingerprint density at radius 2 is 1.45 bits per heavy atom. The van der Waals surface area contributed by atoms with E-state index in [1.807, 2.05) is 0 Å². The normalized spacial score (nSPS) is 9.82. The highest BCUT2D eigenvalue weighted by Gasteiger charge is 1.91. The summed E-state index contributed by atoms with van der Waals surface area (Å²) in [4.78, 5) is 2.52. The first kappa shape index (κ1) is 5.70. The summed E-state index contributed by atoms with van der Waals surface area (Å²) in [7, 11) is 0. The zero-order valence-corrected chi connectivity index (χ0v) is 5.23. The molecule has 56 valence electrons. The van der Waals surface area contributed by atoms with Crippen molar-refractivity contribution in [3.63, 3.8) is 0 Å². The van der Waals surface area contributed by atoms with E-state index in [0.29, 0.717) is 0 Å².